The van der Waals surface area contributed by atoms with E-state index >= 15 is 0 Å². The van der Waals surface area contributed by atoms with Crippen molar-refractivity contribution in [3.8, 4) is 0 Å². The molecule has 1 aliphatic heterocycles. The summed E-state index contributed by atoms with van der Waals surface area (Å²) < 4.78 is 0. The van der Waals surface area contributed by atoms with Crippen molar-refractivity contribution < 1.29 is 9.90 Å². The first-order chi connectivity index (χ1) is 7.13. The van der Waals surface area contributed by atoms with Crippen LogP contribution >= 0.6 is 11.6 Å². The van der Waals surface area contributed by atoms with E-state index in [4.69, 9.17) is 16.7 Å². The minimum absolute atomic E-state index is 0.202. The summed E-state index contributed by atoms with van der Waals surface area (Å²) in [5, 5.41) is 8.74. The van der Waals surface area contributed by atoms with Crippen LogP contribution in [0.15, 0.2) is 0 Å². The van der Waals surface area contributed by atoms with Crippen molar-refractivity contribution in [1.29, 1.82) is 0 Å². The van der Waals surface area contributed by atoms with Crippen molar-refractivity contribution >= 4 is 17.6 Å². The smallest absolute Gasteiger partial charge is 0.317 e. The molecular formula is C11H18ClNO2. The maximum absolute atomic E-state index is 10.6. The monoisotopic (exact) mass is 231 g/mol. The third-order valence-electron chi connectivity index (χ3n) is 3.90. The molecule has 0 amide bonds. The topological polar surface area (TPSA) is 40.5 Å². The summed E-state index contributed by atoms with van der Waals surface area (Å²) in [5.41, 5.74) is 0.398. The van der Waals surface area contributed by atoms with Gasteiger partial charge >= 0.3 is 5.97 Å². The second-order valence-electron chi connectivity index (χ2n) is 5.12. The molecule has 1 saturated heterocycles. The Morgan fingerprint density at radius 2 is 2.33 bits per heavy atom. The van der Waals surface area contributed by atoms with Gasteiger partial charge in [0.05, 0.1) is 6.54 Å². The van der Waals surface area contributed by atoms with Crippen molar-refractivity contribution in [3.63, 3.8) is 0 Å². The summed E-state index contributed by atoms with van der Waals surface area (Å²) >= 11 is 5.88. The molecule has 2 aliphatic rings. The number of carboxylic acids is 1. The standard InChI is InChI=1S/C11H18ClNO2/c12-6-9-1-2-11(5-9)3-4-13(8-11)7-10(14)15/h9H,1-8H2,(H,14,15)/t9-,11+/m0/s1. The summed E-state index contributed by atoms with van der Waals surface area (Å²) in [7, 11) is 0. The third kappa shape index (κ3) is 2.45. The zero-order valence-electron chi connectivity index (χ0n) is 8.91. The number of alkyl halides is 1. The van der Waals surface area contributed by atoms with E-state index in [0.29, 0.717) is 11.3 Å². The zero-order chi connectivity index (χ0) is 10.9. The van der Waals surface area contributed by atoms with Crippen molar-refractivity contribution in [1.82, 2.24) is 4.90 Å². The molecule has 0 bridgehead atoms. The van der Waals surface area contributed by atoms with E-state index in [1.54, 1.807) is 0 Å². The van der Waals surface area contributed by atoms with Crippen molar-refractivity contribution in [2.45, 2.75) is 25.7 Å². The average molecular weight is 232 g/mol. The number of nitrogens with zero attached hydrogens (tertiary/aromatic N) is 1. The van der Waals surface area contributed by atoms with Crippen molar-refractivity contribution in [2.75, 3.05) is 25.5 Å². The van der Waals surface area contributed by atoms with E-state index in [-0.39, 0.29) is 6.54 Å². The Morgan fingerprint density at radius 3 is 2.93 bits per heavy atom. The van der Waals surface area contributed by atoms with Gasteiger partial charge in [0.15, 0.2) is 0 Å². The van der Waals surface area contributed by atoms with Crippen molar-refractivity contribution in [2.24, 2.45) is 11.3 Å². The fraction of sp³-hybridized carbons (Fsp3) is 0.909. The van der Waals surface area contributed by atoms with Crippen LogP contribution in [0.25, 0.3) is 0 Å². The summed E-state index contributed by atoms with van der Waals surface area (Å²) in [5.74, 6) is 0.719. The molecule has 0 aromatic rings. The molecule has 2 rings (SSSR count). The molecule has 1 spiro atoms. The van der Waals surface area contributed by atoms with E-state index in [2.05, 4.69) is 4.90 Å². The number of likely N-dealkylation sites (tertiary alicyclic amines) is 1. The van der Waals surface area contributed by atoms with Crippen LogP contribution in [0.4, 0.5) is 0 Å². The molecule has 2 fully saturated rings. The first-order valence-corrected chi connectivity index (χ1v) is 6.17. The molecule has 0 radical (unpaired) electrons. The highest BCUT2D eigenvalue weighted by atomic mass is 35.5. The fourth-order valence-electron chi connectivity index (χ4n) is 3.18. The molecule has 15 heavy (non-hydrogen) atoms. The number of hydrogen-bond acceptors (Lipinski definition) is 2. The lowest BCUT2D eigenvalue weighted by molar-refractivity contribution is -0.138. The van der Waals surface area contributed by atoms with Gasteiger partial charge in [-0.25, -0.2) is 0 Å². The number of carbonyl (C=O) groups is 1. The largest absolute Gasteiger partial charge is 0.480 e. The van der Waals surface area contributed by atoms with Crippen LogP contribution in [0.1, 0.15) is 25.7 Å². The van der Waals surface area contributed by atoms with Gasteiger partial charge in [0.25, 0.3) is 0 Å². The predicted octanol–water partition coefficient (Wildman–Crippen LogP) is 1.80. The first kappa shape index (κ1) is 11.2. The van der Waals surface area contributed by atoms with Crippen molar-refractivity contribution in [3.05, 3.63) is 0 Å². The molecule has 4 heteroatoms. The summed E-state index contributed by atoms with van der Waals surface area (Å²) in [4.78, 5) is 12.7. The van der Waals surface area contributed by atoms with Crippen LogP contribution in [0.2, 0.25) is 0 Å². The summed E-state index contributed by atoms with van der Waals surface area (Å²) in [6, 6.07) is 0. The van der Waals surface area contributed by atoms with Crippen LogP contribution in [0, 0.1) is 11.3 Å². The Bertz CT molecular complexity index is 259. The van der Waals surface area contributed by atoms with Gasteiger partial charge < -0.3 is 5.11 Å². The lowest BCUT2D eigenvalue weighted by Gasteiger charge is -2.23. The molecule has 1 heterocycles. The molecule has 0 aromatic heterocycles. The Kier molecular flexibility index (Phi) is 3.21. The number of hydrogen-bond donors (Lipinski definition) is 1. The Labute approximate surface area is 95.4 Å². The molecule has 2 atom stereocenters. The highest BCUT2D eigenvalue weighted by Gasteiger charge is 2.43. The molecule has 1 N–H and O–H groups in total. The molecule has 1 saturated carbocycles. The normalized spacial score (nSPS) is 36.5. The fourth-order valence-corrected chi connectivity index (χ4v) is 3.45. The Hall–Kier alpha value is -0.280. The van der Waals surface area contributed by atoms with Crippen LogP contribution in [0.3, 0.4) is 0 Å². The van der Waals surface area contributed by atoms with Crippen LogP contribution < -0.4 is 0 Å². The second kappa shape index (κ2) is 4.30. The highest BCUT2D eigenvalue weighted by Crippen LogP contribution is 2.48. The van der Waals surface area contributed by atoms with Gasteiger partial charge in [-0.3, -0.25) is 9.69 Å². The minimum atomic E-state index is -0.709. The van der Waals surface area contributed by atoms with Gasteiger partial charge in [0.2, 0.25) is 0 Å². The number of rotatable bonds is 3. The van der Waals surface area contributed by atoms with E-state index in [0.717, 1.165) is 25.4 Å². The molecule has 86 valence electrons. The minimum Gasteiger partial charge on any atom is -0.480 e. The van der Waals surface area contributed by atoms with Gasteiger partial charge in [0.1, 0.15) is 0 Å². The van der Waals surface area contributed by atoms with Gasteiger partial charge in [-0.15, -0.1) is 11.6 Å². The molecule has 1 aliphatic carbocycles. The quantitative estimate of drug-likeness (QED) is 0.754. The first-order valence-electron chi connectivity index (χ1n) is 5.64. The zero-order valence-corrected chi connectivity index (χ0v) is 9.67. The summed E-state index contributed by atoms with van der Waals surface area (Å²) in [6.07, 6.45) is 4.82. The van der Waals surface area contributed by atoms with Crippen LogP contribution in [0.5, 0.6) is 0 Å². The SMILES string of the molecule is O=C(O)CN1CC[C@@]2(CC[C@H](CCl)C2)C1. The molecular weight excluding hydrogens is 214 g/mol. The number of halogens is 1. The molecule has 0 aromatic carbocycles. The lowest BCUT2D eigenvalue weighted by atomic mass is 9.85. The number of aliphatic carboxylic acids is 1. The van der Waals surface area contributed by atoms with E-state index in [1.807, 2.05) is 0 Å². The van der Waals surface area contributed by atoms with Gasteiger partial charge in [-0.1, -0.05) is 0 Å². The lowest BCUT2D eigenvalue weighted by Crippen LogP contribution is -2.30. The predicted molar refractivity (Wildman–Crippen MR) is 59.2 cm³/mol. The maximum atomic E-state index is 10.6. The average Bonchev–Trinajstić information content (AvgIpc) is 2.74. The van der Waals surface area contributed by atoms with E-state index in [9.17, 15) is 4.79 Å². The third-order valence-corrected chi connectivity index (χ3v) is 4.34. The van der Waals surface area contributed by atoms with E-state index in [1.165, 1.54) is 19.3 Å². The second-order valence-corrected chi connectivity index (χ2v) is 5.43. The number of carboxylic acid groups (broad SMARTS) is 1. The maximum Gasteiger partial charge on any atom is 0.317 e. The van der Waals surface area contributed by atoms with Gasteiger partial charge in [-0.05, 0) is 43.6 Å². The highest BCUT2D eigenvalue weighted by molar-refractivity contribution is 6.18. The van der Waals surface area contributed by atoms with Gasteiger partial charge in [-0.2, -0.15) is 0 Å². The Morgan fingerprint density at radius 1 is 1.53 bits per heavy atom. The van der Waals surface area contributed by atoms with Crippen LogP contribution in [-0.2, 0) is 4.79 Å². The Balaban J connectivity index is 1.89. The molecule has 0 unspecified atom stereocenters. The summed E-state index contributed by atoms with van der Waals surface area (Å²) in [6.45, 7) is 2.11. The van der Waals surface area contributed by atoms with Crippen LogP contribution in [-0.4, -0.2) is 41.5 Å². The molecule has 3 nitrogen and oxygen atoms in total. The van der Waals surface area contributed by atoms with Gasteiger partial charge in [0, 0.05) is 12.4 Å². The van der Waals surface area contributed by atoms with E-state index < -0.39 is 5.97 Å².